The average Bonchev–Trinajstić information content (AvgIpc) is 3.04. The van der Waals surface area contributed by atoms with Gasteiger partial charge in [0.05, 0.1) is 5.69 Å². The highest BCUT2D eigenvalue weighted by Crippen LogP contribution is 2.13. The lowest BCUT2D eigenvalue weighted by Gasteiger charge is -2.10. The van der Waals surface area contributed by atoms with E-state index in [2.05, 4.69) is 75.5 Å². The molecule has 0 unspecified atom stereocenters. The molecule has 0 aliphatic carbocycles. The van der Waals surface area contributed by atoms with Crippen molar-refractivity contribution in [3.8, 4) is 5.69 Å². The van der Waals surface area contributed by atoms with Crippen LogP contribution in [-0.4, -0.2) is 9.78 Å². The Labute approximate surface area is 138 Å². The largest absolute Gasteiger partial charge is 0.309 e. The third-order valence-electron chi connectivity index (χ3n) is 3.30. The van der Waals surface area contributed by atoms with Crippen LogP contribution in [0.3, 0.4) is 0 Å². The molecule has 0 saturated heterocycles. The molecule has 0 aliphatic rings. The summed E-state index contributed by atoms with van der Waals surface area (Å²) in [5.74, 6) is 0. The molecule has 0 radical (unpaired) electrons. The molecule has 1 N–H and O–H groups in total. The van der Waals surface area contributed by atoms with Crippen molar-refractivity contribution in [3.05, 3.63) is 81.7 Å². The van der Waals surface area contributed by atoms with Gasteiger partial charge in [-0.15, -0.1) is 0 Å². The summed E-state index contributed by atoms with van der Waals surface area (Å²) in [6.07, 6.45) is 3.77. The lowest BCUT2D eigenvalue weighted by molar-refractivity contribution is 0.686. The molecule has 3 nitrogen and oxygen atoms in total. The second-order valence-electron chi connectivity index (χ2n) is 4.81. The Kier molecular flexibility index (Phi) is 4.67. The number of hydrogen-bond acceptors (Lipinski definition) is 2. The second kappa shape index (κ2) is 6.87. The van der Waals surface area contributed by atoms with Crippen LogP contribution in [0.25, 0.3) is 5.69 Å². The van der Waals surface area contributed by atoms with Crippen molar-refractivity contribution in [1.29, 1.82) is 0 Å². The minimum absolute atomic E-state index is 0.821. The van der Waals surface area contributed by atoms with Crippen LogP contribution >= 0.6 is 22.6 Å². The number of nitrogens with one attached hydrogen (secondary N) is 1. The molecule has 106 valence electrons. The van der Waals surface area contributed by atoms with Crippen LogP contribution in [0, 0.1) is 3.57 Å². The Morgan fingerprint density at radius 2 is 1.76 bits per heavy atom. The van der Waals surface area contributed by atoms with Crippen LogP contribution < -0.4 is 5.32 Å². The first-order chi connectivity index (χ1) is 10.3. The predicted octanol–water partition coefficient (Wildman–Crippen LogP) is 3.77. The van der Waals surface area contributed by atoms with Gasteiger partial charge in [0.15, 0.2) is 0 Å². The van der Waals surface area contributed by atoms with E-state index in [1.54, 1.807) is 6.20 Å². The molecule has 2 aromatic carbocycles. The number of halogens is 1. The van der Waals surface area contributed by atoms with Gasteiger partial charge in [-0.05, 0) is 58.0 Å². The van der Waals surface area contributed by atoms with Gasteiger partial charge in [-0.25, -0.2) is 4.68 Å². The van der Waals surface area contributed by atoms with Crippen molar-refractivity contribution < 1.29 is 0 Å². The van der Waals surface area contributed by atoms with Crippen molar-refractivity contribution in [1.82, 2.24) is 15.1 Å². The average molecular weight is 389 g/mol. The topological polar surface area (TPSA) is 29.9 Å². The molecule has 4 heteroatoms. The summed E-state index contributed by atoms with van der Waals surface area (Å²) in [5, 5.41) is 7.81. The van der Waals surface area contributed by atoms with E-state index in [-0.39, 0.29) is 0 Å². The van der Waals surface area contributed by atoms with E-state index in [9.17, 15) is 0 Å². The van der Waals surface area contributed by atoms with Gasteiger partial charge in [-0.2, -0.15) is 5.10 Å². The van der Waals surface area contributed by atoms with Crippen LogP contribution in [0.2, 0.25) is 0 Å². The smallest absolute Gasteiger partial charge is 0.0690 e. The normalized spacial score (nSPS) is 10.7. The van der Waals surface area contributed by atoms with Crippen molar-refractivity contribution in [2.75, 3.05) is 0 Å². The summed E-state index contributed by atoms with van der Waals surface area (Å²) < 4.78 is 3.17. The van der Waals surface area contributed by atoms with Crippen molar-refractivity contribution >= 4 is 22.6 Å². The van der Waals surface area contributed by atoms with Crippen molar-refractivity contribution in [2.24, 2.45) is 0 Å². The molecule has 0 aliphatic heterocycles. The predicted molar refractivity (Wildman–Crippen MR) is 93.3 cm³/mol. The van der Waals surface area contributed by atoms with E-state index in [4.69, 9.17) is 0 Å². The van der Waals surface area contributed by atoms with Gasteiger partial charge in [0.25, 0.3) is 0 Å². The highest BCUT2D eigenvalue weighted by atomic mass is 127. The van der Waals surface area contributed by atoms with Gasteiger partial charge < -0.3 is 5.32 Å². The monoisotopic (exact) mass is 389 g/mol. The van der Waals surface area contributed by atoms with E-state index in [0.29, 0.717) is 0 Å². The maximum Gasteiger partial charge on any atom is 0.0690 e. The molecule has 0 amide bonds. The zero-order valence-corrected chi connectivity index (χ0v) is 13.7. The Morgan fingerprint density at radius 3 is 2.52 bits per heavy atom. The van der Waals surface area contributed by atoms with Gasteiger partial charge in [-0.3, -0.25) is 0 Å². The van der Waals surface area contributed by atoms with E-state index >= 15 is 0 Å². The molecule has 0 saturated carbocycles. The Balaban J connectivity index is 1.67. The van der Waals surface area contributed by atoms with Crippen molar-refractivity contribution in [3.63, 3.8) is 0 Å². The molecule has 0 fully saturated rings. The fourth-order valence-electron chi connectivity index (χ4n) is 2.24. The van der Waals surface area contributed by atoms with E-state index < -0.39 is 0 Å². The molecule has 0 bridgehead atoms. The van der Waals surface area contributed by atoms with Crippen LogP contribution in [-0.2, 0) is 13.1 Å². The van der Waals surface area contributed by atoms with Gasteiger partial charge >= 0.3 is 0 Å². The van der Waals surface area contributed by atoms with Gasteiger partial charge in [-0.1, -0.05) is 30.3 Å². The maximum atomic E-state index is 4.31. The minimum atomic E-state index is 0.821. The third-order valence-corrected chi connectivity index (χ3v) is 4.02. The molecule has 0 atom stereocenters. The molecule has 1 aromatic heterocycles. The number of para-hydroxylation sites is 1. The fraction of sp³-hybridized carbons (Fsp3) is 0.118. The highest BCUT2D eigenvalue weighted by Gasteiger charge is 2.03. The quantitative estimate of drug-likeness (QED) is 0.674. The third kappa shape index (κ3) is 3.71. The number of nitrogens with zero attached hydrogens (tertiary/aromatic N) is 2. The summed E-state index contributed by atoms with van der Waals surface area (Å²) in [6.45, 7) is 1.69. The molecular formula is C17H16IN3. The summed E-state index contributed by atoms with van der Waals surface area (Å²) in [6, 6.07) is 18.9. The molecule has 21 heavy (non-hydrogen) atoms. The highest BCUT2D eigenvalue weighted by molar-refractivity contribution is 14.1. The molecule has 3 rings (SSSR count). The van der Waals surface area contributed by atoms with Gasteiger partial charge in [0, 0.05) is 29.1 Å². The van der Waals surface area contributed by atoms with Crippen LogP contribution in [0.5, 0.6) is 0 Å². The molecule has 3 aromatic rings. The first kappa shape index (κ1) is 14.3. The number of rotatable bonds is 5. The minimum Gasteiger partial charge on any atom is -0.309 e. The summed E-state index contributed by atoms with van der Waals surface area (Å²) in [4.78, 5) is 0. The standard InChI is InChI=1S/C17H16IN3/c18-16-8-6-14(7-9-16)12-19-13-15-4-1-2-5-17(15)21-11-3-10-20-21/h1-11,19H,12-13H2. The van der Waals surface area contributed by atoms with Gasteiger partial charge in [0.1, 0.15) is 0 Å². The first-order valence-corrected chi connectivity index (χ1v) is 7.94. The van der Waals surface area contributed by atoms with Crippen molar-refractivity contribution in [2.45, 2.75) is 13.1 Å². The van der Waals surface area contributed by atoms with Gasteiger partial charge in [0.2, 0.25) is 0 Å². The lowest BCUT2D eigenvalue weighted by Crippen LogP contribution is -2.14. The van der Waals surface area contributed by atoms with Crippen LogP contribution in [0.4, 0.5) is 0 Å². The number of hydrogen-bond donors (Lipinski definition) is 1. The molecule has 1 heterocycles. The first-order valence-electron chi connectivity index (χ1n) is 6.86. The van der Waals surface area contributed by atoms with E-state index in [0.717, 1.165) is 18.8 Å². The Hall–Kier alpha value is -1.66. The second-order valence-corrected chi connectivity index (χ2v) is 6.05. The fourth-order valence-corrected chi connectivity index (χ4v) is 2.60. The number of benzene rings is 2. The van der Waals surface area contributed by atoms with E-state index in [1.807, 2.05) is 23.0 Å². The van der Waals surface area contributed by atoms with E-state index in [1.165, 1.54) is 14.7 Å². The van der Waals surface area contributed by atoms with Crippen LogP contribution in [0.1, 0.15) is 11.1 Å². The molecule has 0 spiro atoms. The summed E-state index contributed by atoms with van der Waals surface area (Å²) in [7, 11) is 0. The maximum absolute atomic E-state index is 4.31. The zero-order chi connectivity index (χ0) is 14.5. The zero-order valence-electron chi connectivity index (χ0n) is 11.5. The Morgan fingerprint density at radius 1 is 0.952 bits per heavy atom. The SMILES string of the molecule is Ic1ccc(CNCc2ccccc2-n2cccn2)cc1. The molecular weight excluding hydrogens is 373 g/mol. The Bertz CT molecular complexity index is 690. The lowest BCUT2D eigenvalue weighted by atomic mass is 10.1. The van der Waals surface area contributed by atoms with Crippen LogP contribution in [0.15, 0.2) is 67.0 Å². The summed E-state index contributed by atoms with van der Waals surface area (Å²) >= 11 is 2.32. The summed E-state index contributed by atoms with van der Waals surface area (Å²) in [5.41, 5.74) is 3.66. The number of aromatic nitrogens is 2.